The fourth-order valence-electron chi connectivity index (χ4n) is 2.79. The third-order valence-corrected chi connectivity index (χ3v) is 3.94. The molecule has 4 N–H and O–H groups in total. The van der Waals surface area contributed by atoms with E-state index in [0.717, 1.165) is 12.8 Å². The van der Waals surface area contributed by atoms with Crippen molar-refractivity contribution in [1.82, 2.24) is 19.5 Å². The van der Waals surface area contributed by atoms with Gasteiger partial charge in [-0.2, -0.15) is 0 Å². The first-order chi connectivity index (χ1) is 9.20. The van der Waals surface area contributed by atoms with Crippen LogP contribution in [0.3, 0.4) is 0 Å². The van der Waals surface area contributed by atoms with Crippen LogP contribution in [0.25, 0.3) is 11.2 Å². The van der Waals surface area contributed by atoms with Gasteiger partial charge in [0.05, 0.1) is 12.4 Å². The first kappa shape index (κ1) is 12.3. The normalized spacial score (nSPS) is 27.8. The van der Waals surface area contributed by atoms with Crippen LogP contribution in [0.15, 0.2) is 12.7 Å². The van der Waals surface area contributed by atoms with Crippen molar-refractivity contribution in [2.75, 3.05) is 12.3 Å². The fourth-order valence-corrected chi connectivity index (χ4v) is 2.79. The minimum absolute atomic E-state index is 0.0225. The molecule has 0 amide bonds. The minimum atomic E-state index is -0.486. The van der Waals surface area contributed by atoms with Crippen LogP contribution in [0.2, 0.25) is 0 Å². The molecule has 0 bridgehead atoms. The Hall–Kier alpha value is -1.73. The number of nitrogens with zero attached hydrogens (tertiary/aromatic N) is 4. The molecular formula is C12H17N5O2. The lowest BCUT2D eigenvalue weighted by Crippen LogP contribution is -2.32. The Morgan fingerprint density at radius 1 is 1.32 bits per heavy atom. The average Bonchev–Trinajstić information content (AvgIpc) is 2.84. The molecule has 102 valence electrons. The van der Waals surface area contributed by atoms with Crippen LogP contribution < -0.4 is 5.73 Å². The van der Waals surface area contributed by atoms with E-state index in [1.807, 2.05) is 4.57 Å². The molecule has 2 heterocycles. The number of nitrogen functional groups attached to an aromatic ring is 1. The largest absolute Gasteiger partial charge is 0.396 e. The number of anilines is 1. The van der Waals surface area contributed by atoms with Crippen LogP contribution in [0.1, 0.15) is 25.3 Å². The Morgan fingerprint density at radius 2 is 2.16 bits per heavy atom. The summed E-state index contributed by atoms with van der Waals surface area (Å²) in [6.07, 6.45) is 4.92. The van der Waals surface area contributed by atoms with Crippen LogP contribution in [-0.2, 0) is 0 Å². The number of nitrogens with two attached hydrogens (primary N) is 1. The summed E-state index contributed by atoms with van der Waals surface area (Å²) >= 11 is 0. The van der Waals surface area contributed by atoms with Crippen molar-refractivity contribution in [3.63, 3.8) is 0 Å². The second-order valence-electron chi connectivity index (χ2n) is 5.06. The molecule has 7 nitrogen and oxygen atoms in total. The maximum atomic E-state index is 10.0. The predicted octanol–water partition coefficient (Wildman–Crippen LogP) is 0.103. The van der Waals surface area contributed by atoms with Gasteiger partial charge in [0.25, 0.3) is 0 Å². The highest BCUT2D eigenvalue weighted by molar-refractivity contribution is 5.81. The number of aromatic nitrogens is 4. The zero-order valence-electron chi connectivity index (χ0n) is 10.5. The zero-order chi connectivity index (χ0) is 13.4. The van der Waals surface area contributed by atoms with Gasteiger partial charge in [0.2, 0.25) is 0 Å². The number of hydrogen-bond acceptors (Lipinski definition) is 6. The van der Waals surface area contributed by atoms with Gasteiger partial charge in [-0.15, -0.1) is 0 Å². The predicted molar refractivity (Wildman–Crippen MR) is 69.2 cm³/mol. The summed E-state index contributed by atoms with van der Waals surface area (Å²) in [6, 6.07) is 0.136. The monoisotopic (exact) mass is 263 g/mol. The number of fused-ring (bicyclic) bond motifs is 1. The second kappa shape index (κ2) is 4.75. The van der Waals surface area contributed by atoms with Crippen LogP contribution in [0.5, 0.6) is 0 Å². The molecule has 19 heavy (non-hydrogen) atoms. The lowest BCUT2D eigenvalue weighted by atomic mass is 9.84. The van der Waals surface area contributed by atoms with E-state index in [9.17, 15) is 10.2 Å². The van der Waals surface area contributed by atoms with E-state index in [2.05, 4.69) is 15.0 Å². The van der Waals surface area contributed by atoms with Crippen LogP contribution in [-0.4, -0.2) is 42.4 Å². The molecule has 3 rings (SSSR count). The summed E-state index contributed by atoms with van der Waals surface area (Å²) in [6.45, 7) is 0.0354. The number of aliphatic hydroxyl groups is 2. The van der Waals surface area contributed by atoms with Crippen molar-refractivity contribution in [3.05, 3.63) is 12.7 Å². The van der Waals surface area contributed by atoms with Gasteiger partial charge >= 0.3 is 0 Å². The quantitative estimate of drug-likeness (QED) is 0.709. The summed E-state index contributed by atoms with van der Waals surface area (Å²) in [4.78, 5) is 12.4. The number of hydrogen-bond donors (Lipinski definition) is 3. The summed E-state index contributed by atoms with van der Waals surface area (Å²) in [5.41, 5.74) is 7.06. The Balaban J connectivity index is 1.91. The third kappa shape index (κ3) is 2.04. The molecule has 0 radical (unpaired) electrons. The Bertz CT molecular complexity index is 585. The summed E-state index contributed by atoms with van der Waals surface area (Å²) in [5, 5.41) is 19.2. The van der Waals surface area contributed by atoms with Gasteiger partial charge in [-0.25, -0.2) is 15.0 Å². The molecule has 0 spiro atoms. The van der Waals surface area contributed by atoms with E-state index in [-0.39, 0.29) is 18.6 Å². The Morgan fingerprint density at radius 3 is 2.89 bits per heavy atom. The topological polar surface area (TPSA) is 110 Å². The summed E-state index contributed by atoms with van der Waals surface area (Å²) < 4.78 is 1.95. The molecule has 0 saturated heterocycles. The third-order valence-electron chi connectivity index (χ3n) is 3.94. The van der Waals surface area contributed by atoms with E-state index in [1.165, 1.54) is 6.33 Å². The average molecular weight is 263 g/mol. The van der Waals surface area contributed by atoms with Gasteiger partial charge in [0, 0.05) is 18.6 Å². The molecule has 1 fully saturated rings. The minimum Gasteiger partial charge on any atom is -0.396 e. The van der Waals surface area contributed by atoms with Gasteiger partial charge in [-0.3, -0.25) is 0 Å². The number of aliphatic hydroxyl groups excluding tert-OH is 2. The van der Waals surface area contributed by atoms with E-state index in [0.29, 0.717) is 23.4 Å². The first-order valence-electron chi connectivity index (χ1n) is 6.42. The summed E-state index contributed by atoms with van der Waals surface area (Å²) in [5.74, 6) is 0.346. The molecule has 2 aromatic heterocycles. The molecular weight excluding hydrogens is 246 g/mol. The Labute approximate surface area is 110 Å². The lowest BCUT2D eigenvalue weighted by Gasteiger charge is -2.32. The highest BCUT2D eigenvalue weighted by Gasteiger charge is 2.30. The molecule has 1 aliphatic carbocycles. The van der Waals surface area contributed by atoms with Gasteiger partial charge < -0.3 is 20.5 Å². The highest BCUT2D eigenvalue weighted by Crippen LogP contribution is 2.34. The molecule has 3 atom stereocenters. The van der Waals surface area contributed by atoms with E-state index >= 15 is 0 Å². The standard InChI is InChI=1S/C12H17N5O2/c13-11-10-12(15-5-14-11)17(6-16-10)8-2-1-7(4-18)9(19)3-8/h5-9,18-19H,1-4H2,(H2,13,14,15)/t7-,8-,9+/m0/s1. The second-order valence-corrected chi connectivity index (χ2v) is 5.06. The molecule has 2 aromatic rings. The van der Waals surface area contributed by atoms with E-state index < -0.39 is 6.10 Å². The van der Waals surface area contributed by atoms with Crippen LogP contribution >= 0.6 is 0 Å². The first-order valence-corrected chi connectivity index (χ1v) is 6.42. The van der Waals surface area contributed by atoms with Gasteiger partial charge in [0.15, 0.2) is 11.5 Å². The fraction of sp³-hybridized carbons (Fsp3) is 0.583. The SMILES string of the molecule is Nc1ncnc2c1ncn2[C@H]1CC[C@@H](CO)[C@H](O)C1. The molecule has 7 heteroatoms. The van der Waals surface area contributed by atoms with Crippen molar-refractivity contribution in [2.24, 2.45) is 5.92 Å². The summed E-state index contributed by atoms with van der Waals surface area (Å²) in [7, 11) is 0. The van der Waals surface area contributed by atoms with E-state index in [4.69, 9.17) is 5.73 Å². The van der Waals surface area contributed by atoms with Crippen molar-refractivity contribution in [3.8, 4) is 0 Å². The van der Waals surface area contributed by atoms with Crippen LogP contribution in [0, 0.1) is 5.92 Å². The van der Waals surface area contributed by atoms with Crippen molar-refractivity contribution in [2.45, 2.75) is 31.4 Å². The maximum absolute atomic E-state index is 10.0. The maximum Gasteiger partial charge on any atom is 0.165 e. The smallest absolute Gasteiger partial charge is 0.165 e. The Kier molecular flexibility index (Phi) is 3.08. The number of rotatable bonds is 2. The molecule has 1 saturated carbocycles. The van der Waals surface area contributed by atoms with Gasteiger partial charge in [-0.05, 0) is 19.3 Å². The zero-order valence-corrected chi connectivity index (χ0v) is 10.5. The molecule has 1 aliphatic rings. The molecule has 0 unspecified atom stereocenters. The van der Waals surface area contributed by atoms with Crippen molar-refractivity contribution >= 4 is 17.0 Å². The van der Waals surface area contributed by atoms with Crippen molar-refractivity contribution < 1.29 is 10.2 Å². The van der Waals surface area contributed by atoms with Gasteiger partial charge in [-0.1, -0.05) is 0 Å². The van der Waals surface area contributed by atoms with E-state index in [1.54, 1.807) is 6.33 Å². The van der Waals surface area contributed by atoms with Crippen molar-refractivity contribution in [1.29, 1.82) is 0 Å². The molecule has 0 aromatic carbocycles. The number of imidazole rings is 1. The lowest BCUT2D eigenvalue weighted by molar-refractivity contribution is 0.0189. The van der Waals surface area contributed by atoms with Crippen LogP contribution in [0.4, 0.5) is 5.82 Å². The molecule has 0 aliphatic heterocycles. The van der Waals surface area contributed by atoms with Gasteiger partial charge in [0.1, 0.15) is 11.8 Å². The highest BCUT2D eigenvalue weighted by atomic mass is 16.3.